The van der Waals surface area contributed by atoms with Crippen LogP contribution in [0.3, 0.4) is 0 Å². The highest BCUT2D eigenvalue weighted by Gasteiger charge is 2.39. The first-order valence-corrected chi connectivity index (χ1v) is 7.15. The first kappa shape index (κ1) is 12.2. The fourth-order valence-corrected chi connectivity index (χ4v) is 3.49. The van der Waals surface area contributed by atoms with Gasteiger partial charge in [0.1, 0.15) is 5.76 Å². The Kier molecular flexibility index (Phi) is 3.39. The van der Waals surface area contributed by atoms with E-state index in [0.717, 1.165) is 37.6 Å². The minimum absolute atomic E-state index is 0.377. The van der Waals surface area contributed by atoms with Crippen LogP contribution in [0.1, 0.15) is 43.6 Å². The number of oxazole rings is 1. The van der Waals surface area contributed by atoms with Crippen molar-refractivity contribution in [1.82, 2.24) is 15.2 Å². The number of nitrogens with zero attached hydrogens (tertiary/aromatic N) is 2. The predicted molar refractivity (Wildman–Crippen MR) is 70.3 cm³/mol. The number of aryl methyl sites for hydroxylation is 1. The quantitative estimate of drug-likeness (QED) is 0.871. The highest BCUT2D eigenvalue weighted by atomic mass is 16.3. The van der Waals surface area contributed by atoms with Gasteiger partial charge in [0.15, 0.2) is 6.39 Å². The van der Waals surface area contributed by atoms with Crippen LogP contribution < -0.4 is 5.32 Å². The average molecular weight is 249 g/mol. The van der Waals surface area contributed by atoms with Gasteiger partial charge in [0.2, 0.25) is 0 Å². The van der Waals surface area contributed by atoms with E-state index in [1.54, 1.807) is 6.39 Å². The number of rotatable bonds is 2. The minimum Gasteiger partial charge on any atom is -0.448 e. The second-order valence-corrected chi connectivity index (χ2v) is 5.74. The first-order chi connectivity index (χ1) is 8.80. The van der Waals surface area contributed by atoms with Crippen LogP contribution in [0, 0.1) is 6.92 Å². The highest BCUT2D eigenvalue weighted by Crippen LogP contribution is 2.35. The lowest BCUT2D eigenvalue weighted by Crippen LogP contribution is -2.61. The zero-order chi connectivity index (χ0) is 12.4. The van der Waals surface area contributed by atoms with Crippen molar-refractivity contribution in [3.8, 4) is 0 Å². The van der Waals surface area contributed by atoms with Crippen LogP contribution in [0.2, 0.25) is 0 Å². The van der Waals surface area contributed by atoms with Crippen molar-refractivity contribution in [1.29, 1.82) is 0 Å². The van der Waals surface area contributed by atoms with Gasteiger partial charge in [0.25, 0.3) is 0 Å². The largest absolute Gasteiger partial charge is 0.448 e. The molecule has 0 bridgehead atoms. The van der Waals surface area contributed by atoms with Gasteiger partial charge in [0, 0.05) is 31.7 Å². The summed E-state index contributed by atoms with van der Waals surface area (Å²) in [6.45, 7) is 6.33. The second kappa shape index (κ2) is 5.02. The molecule has 100 valence electrons. The van der Waals surface area contributed by atoms with Crippen LogP contribution >= 0.6 is 0 Å². The molecule has 1 N–H and O–H groups in total. The van der Waals surface area contributed by atoms with Gasteiger partial charge in [-0.15, -0.1) is 0 Å². The molecule has 0 atom stereocenters. The molecule has 1 spiro atoms. The molecule has 1 aromatic rings. The number of hydrogen-bond acceptors (Lipinski definition) is 4. The van der Waals surface area contributed by atoms with Gasteiger partial charge in [0.05, 0.1) is 5.69 Å². The van der Waals surface area contributed by atoms with Crippen LogP contribution in [-0.2, 0) is 6.54 Å². The zero-order valence-electron chi connectivity index (χ0n) is 11.2. The molecular formula is C14H23N3O. The minimum atomic E-state index is 0.377. The van der Waals surface area contributed by atoms with Crippen LogP contribution in [0.5, 0.6) is 0 Å². The Morgan fingerprint density at radius 1 is 1.39 bits per heavy atom. The van der Waals surface area contributed by atoms with Gasteiger partial charge in [-0.3, -0.25) is 4.90 Å². The summed E-state index contributed by atoms with van der Waals surface area (Å²) in [6.07, 6.45) is 8.37. The second-order valence-electron chi connectivity index (χ2n) is 5.74. The van der Waals surface area contributed by atoms with Crippen LogP contribution in [0.15, 0.2) is 10.8 Å². The molecule has 18 heavy (non-hydrogen) atoms. The summed E-state index contributed by atoms with van der Waals surface area (Å²) in [6, 6.07) is 0. The molecular weight excluding hydrogens is 226 g/mol. The van der Waals surface area contributed by atoms with E-state index in [0.29, 0.717) is 5.54 Å². The van der Waals surface area contributed by atoms with Gasteiger partial charge in [-0.2, -0.15) is 0 Å². The standard InChI is InChI=1S/C14H23N3O/c1-12-13(16-11-18-12)9-17-8-7-15-10-14(17)5-3-2-4-6-14/h11,15H,2-10H2,1H3. The van der Waals surface area contributed by atoms with E-state index in [9.17, 15) is 0 Å². The summed E-state index contributed by atoms with van der Waals surface area (Å²) < 4.78 is 5.33. The molecule has 2 heterocycles. The Balaban J connectivity index is 1.77. The van der Waals surface area contributed by atoms with Crippen LogP contribution in [0.4, 0.5) is 0 Å². The fraction of sp³-hybridized carbons (Fsp3) is 0.786. The van der Waals surface area contributed by atoms with Crippen molar-refractivity contribution < 1.29 is 4.42 Å². The predicted octanol–water partition coefficient (Wildman–Crippen LogP) is 2.09. The lowest BCUT2D eigenvalue weighted by Gasteiger charge is -2.49. The van der Waals surface area contributed by atoms with Crippen molar-refractivity contribution in [2.45, 2.75) is 51.1 Å². The van der Waals surface area contributed by atoms with Crippen LogP contribution in [0.25, 0.3) is 0 Å². The Hall–Kier alpha value is -0.870. The van der Waals surface area contributed by atoms with E-state index in [1.807, 2.05) is 6.92 Å². The molecule has 2 aliphatic rings. The number of hydrogen-bond donors (Lipinski definition) is 1. The highest BCUT2D eigenvalue weighted by molar-refractivity contribution is 5.07. The zero-order valence-corrected chi connectivity index (χ0v) is 11.2. The molecule has 0 radical (unpaired) electrons. The van der Waals surface area contributed by atoms with Crippen LogP contribution in [-0.4, -0.2) is 35.1 Å². The summed E-state index contributed by atoms with van der Waals surface area (Å²) in [5.74, 6) is 0.972. The first-order valence-electron chi connectivity index (χ1n) is 7.15. The van der Waals surface area contributed by atoms with E-state index in [4.69, 9.17) is 4.42 Å². The smallest absolute Gasteiger partial charge is 0.181 e. The summed E-state index contributed by atoms with van der Waals surface area (Å²) in [7, 11) is 0. The summed E-state index contributed by atoms with van der Waals surface area (Å²) in [4.78, 5) is 7.01. The third kappa shape index (κ3) is 2.19. The maximum absolute atomic E-state index is 5.33. The molecule has 0 amide bonds. The molecule has 1 aliphatic carbocycles. The molecule has 4 heteroatoms. The van der Waals surface area contributed by atoms with E-state index in [1.165, 1.54) is 32.1 Å². The van der Waals surface area contributed by atoms with E-state index < -0.39 is 0 Å². The third-order valence-electron chi connectivity index (χ3n) is 4.65. The topological polar surface area (TPSA) is 41.3 Å². The Morgan fingerprint density at radius 2 is 2.22 bits per heavy atom. The summed E-state index contributed by atoms with van der Waals surface area (Å²) >= 11 is 0. The van der Waals surface area contributed by atoms with Crippen molar-refractivity contribution in [3.05, 3.63) is 17.8 Å². The van der Waals surface area contributed by atoms with Gasteiger partial charge >= 0.3 is 0 Å². The van der Waals surface area contributed by atoms with Crippen molar-refractivity contribution in [2.75, 3.05) is 19.6 Å². The molecule has 0 aromatic carbocycles. The Morgan fingerprint density at radius 3 is 2.94 bits per heavy atom. The molecule has 4 nitrogen and oxygen atoms in total. The fourth-order valence-electron chi connectivity index (χ4n) is 3.49. The number of nitrogens with one attached hydrogen (secondary N) is 1. The molecule has 1 aromatic heterocycles. The van der Waals surface area contributed by atoms with Crippen molar-refractivity contribution in [2.24, 2.45) is 0 Å². The molecule has 1 aliphatic heterocycles. The van der Waals surface area contributed by atoms with E-state index in [2.05, 4.69) is 15.2 Å². The molecule has 1 saturated carbocycles. The van der Waals surface area contributed by atoms with Gasteiger partial charge < -0.3 is 9.73 Å². The monoisotopic (exact) mass is 249 g/mol. The average Bonchev–Trinajstić information content (AvgIpc) is 2.79. The van der Waals surface area contributed by atoms with Crippen molar-refractivity contribution in [3.63, 3.8) is 0 Å². The molecule has 3 rings (SSSR count). The van der Waals surface area contributed by atoms with Gasteiger partial charge in [-0.1, -0.05) is 19.3 Å². The molecule has 2 fully saturated rings. The number of piperazine rings is 1. The molecule has 1 saturated heterocycles. The van der Waals surface area contributed by atoms with Gasteiger partial charge in [-0.05, 0) is 19.8 Å². The SMILES string of the molecule is Cc1ocnc1CN1CCNCC12CCCCC2. The lowest BCUT2D eigenvalue weighted by molar-refractivity contribution is 0.0197. The number of aromatic nitrogens is 1. The Labute approximate surface area is 109 Å². The van der Waals surface area contributed by atoms with E-state index >= 15 is 0 Å². The molecule has 0 unspecified atom stereocenters. The summed E-state index contributed by atoms with van der Waals surface area (Å²) in [5.41, 5.74) is 1.49. The maximum atomic E-state index is 5.33. The third-order valence-corrected chi connectivity index (χ3v) is 4.65. The maximum Gasteiger partial charge on any atom is 0.181 e. The van der Waals surface area contributed by atoms with E-state index in [-0.39, 0.29) is 0 Å². The lowest BCUT2D eigenvalue weighted by atomic mass is 9.79. The summed E-state index contributed by atoms with van der Waals surface area (Å²) in [5, 5.41) is 3.58. The normalized spacial score (nSPS) is 24.5. The Bertz CT molecular complexity index is 387. The van der Waals surface area contributed by atoms with Crippen molar-refractivity contribution >= 4 is 0 Å². The van der Waals surface area contributed by atoms with Gasteiger partial charge in [-0.25, -0.2) is 4.98 Å².